The van der Waals surface area contributed by atoms with Crippen LogP contribution in [0.4, 0.5) is 0 Å². The van der Waals surface area contributed by atoms with Crippen molar-refractivity contribution in [2.75, 3.05) is 0 Å². The maximum atomic E-state index is 6.62. The molecule has 0 fully saturated rings. The highest BCUT2D eigenvalue weighted by Gasteiger charge is 2.27. The fourth-order valence-corrected chi connectivity index (χ4v) is 25.0. The first-order valence-electron chi connectivity index (χ1n) is 49.9. The summed E-state index contributed by atoms with van der Waals surface area (Å²) in [6.07, 6.45) is 0. The Morgan fingerprint density at radius 2 is 0.420 bits per heavy atom. The maximum Gasteiger partial charge on any atom is 0.162 e. The van der Waals surface area contributed by atoms with Crippen molar-refractivity contribution in [3.05, 3.63) is 479 Å². The molecule has 150 heavy (non-hydrogen) atoms. The van der Waals surface area contributed by atoms with Crippen molar-refractivity contribution in [3.8, 4) is 147 Å². The Balaban J connectivity index is 0.000000106. The summed E-state index contributed by atoms with van der Waals surface area (Å²) in [5, 5.41) is 17.0. The number of aromatic nitrogens is 9. The molecule has 0 bridgehead atoms. The lowest BCUT2D eigenvalue weighted by Crippen LogP contribution is -1.96. The number of thiophene rings is 3. The van der Waals surface area contributed by atoms with E-state index in [-0.39, 0.29) is 0 Å². The molecule has 19 aromatic carbocycles. The molecular formula is C135H79N9O3S3. The largest absolute Gasteiger partial charge is 0.454 e. The van der Waals surface area contributed by atoms with Crippen molar-refractivity contribution >= 4 is 193 Å². The molecule has 0 atom stereocenters. The third-order valence-electron chi connectivity index (χ3n) is 28.5. The predicted octanol–water partition coefficient (Wildman–Crippen LogP) is 37.5. The zero-order valence-electron chi connectivity index (χ0n) is 80.1. The van der Waals surface area contributed by atoms with Crippen molar-refractivity contribution in [2.45, 2.75) is 0 Å². The minimum atomic E-state index is 0.669. The van der Waals surface area contributed by atoms with Crippen LogP contribution in [-0.4, -0.2) is 44.9 Å². The van der Waals surface area contributed by atoms with Gasteiger partial charge in [-0.1, -0.05) is 364 Å². The molecule has 0 aliphatic heterocycles. The van der Waals surface area contributed by atoms with Crippen LogP contribution in [0.25, 0.3) is 306 Å². The predicted molar refractivity (Wildman–Crippen MR) is 623 cm³/mol. The van der Waals surface area contributed by atoms with Crippen LogP contribution < -0.4 is 0 Å². The highest BCUT2D eigenvalue weighted by Crippen LogP contribution is 2.50. The number of hydrogen-bond donors (Lipinski definition) is 0. The third kappa shape index (κ3) is 15.4. The first-order chi connectivity index (χ1) is 74.3. The Morgan fingerprint density at radius 1 is 0.153 bits per heavy atom. The fraction of sp³-hybridized carbons (Fsp3) is 0. The number of fused-ring (bicyclic) bond motifs is 24. The number of nitrogens with zero attached hydrogens (tertiary/aromatic N) is 9. The first-order valence-corrected chi connectivity index (χ1v) is 52.4. The number of rotatable bonds is 13. The van der Waals surface area contributed by atoms with Crippen LogP contribution in [0.5, 0.6) is 0 Å². The molecular weight excluding hydrogens is 1890 g/mol. The molecule has 0 amide bonds. The molecule has 0 radical (unpaired) electrons. The summed E-state index contributed by atoms with van der Waals surface area (Å²) in [7, 11) is 0. The van der Waals surface area contributed by atoms with Gasteiger partial charge >= 0.3 is 0 Å². The fourth-order valence-electron chi connectivity index (χ4n) is 21.4. The van der Waals surface area contributed by atoms with Gasteiger partial charge in [0.2, 0.25) is 0 Å². The standard InChI is InChI=1S/C49H29N3OS.2C43H25N3OS/c1-3-12-31(13-4-1)41-29-42(52-49(51-41)33-24-22-30(23-25-33)35-18-11-19-37-36-16-8-10-21-44(36)54-48(35)37)34-26-27-43-39(28-34)45-38-17-7-9-20-40(38)50-46(47(45)53-43)32-14-5-2-6-15-32;1-3-12-26(13-4-1)35-25-36(32-19-11-18-30-29-16-8-10-21-38(29)48-42(30)32)46-43(45-35)28-22-23-37-33(24-28)39-31-17-7-9-20-34(31)44-40(41(39)47-37)27-14-5-2-6-15-27;1-3-12-26(13-4-1)35-25-36(46-43(45-35)32-19-11-18-30-29-16-8-10-21-38(29)48-42(30)32)28-22-23-37-33(24-28)39-31-17-7-9-20-34(31)44-40(41(39)47-37)27-14-5-2-6-15-27/h1-29H;2*1-25H. The molecule has 0 N–H and O–H groups in total. The van der Waals surface area contributed by atoms with Gasteiger partial charge in [-0.2, -0.15) is 0 Å². The third-order valence-corrected chi connectivity index (χ3v) is 32.1. The second-order valence-electron chi connectivity index (χ2n) is 37.5. The van der Waals surface area contributed by atoms with Gasteiger partial charge in [-0.05, 0) is 126 Å². The van der Waals surface area contributed by atoms with E-state index in [4.69, 9.17) is 58.1 Å². The normalized spacial score (nSPS) is 11.7. The lowest BCUT2D eigenvalue weighted by Gasteiger charge is -2.10. The van der Waals surface area contributed by atoms with E-state index in [9.17, 15) is 0 Å². The lowest BCUT2D eigenvalue weighted by molar-refractivity contribution is 0.668. The summed E-state index contributed by atoms with van der Waals surface area (Å²) in [4.78, 5) is 46.5. The zero-order valence-corrected chi connectivity index (χ0v) is 82.5. The van der Waals surface area contributed by atoms with Gasteiger partial charge in [0, 0.05) is 176 Å². The Morgan fingerprint density at radius 3 is 0.813 bits per heavy atom. The summed E-state index contributed by atoms with van der Waals surface area (Å²) < 4.78 is 27.4. The average molecular weight is 1970 g/mol. The molecule has 31 aromatic rings. The monoisotopic (exact) mass is 1970 g/mol. The zero-order chi connectivity index (χ0) is 98.8. The molecule has 0 aliphatic rings. The van der Waals surface area contributed by atoms with E-state index in [1.807, 2.05) is 132 Å². The lowest BCUT2D eigenvalue weighted by atomic mass is 10.0. The van der Waals surface area contributed by atoms with Gasteiger partial charge in [-0.15, -0.1) is 34.0 Å². The van der Waals surface area contributed by atoms with Gasteiger partial charge in [0.15, 0.2) is 34.2 Å². The van der Waals surface area contributed by atoms with Crippen LogP contribution in [0.2, 0.25) is 0 Å². The van der Waals surface area contributed by atoms with Crippen molar-refractivity contribution in [3.63, 3.8) is 0 Å². The van der Waals surface area contributed by atoms with Crippen LogP contribution in [0.3, 0.4) is 0 Å². The summed E-state index contributed by atoms with van der Waals surface area (Å²) in [6.45, 7) is 0. The van der Waals surface area contributed by atoms with Crippen molar-refractivity contribution < 1.29 is 13.3 Å². The van der Waals surface area contributed by atoms with E-state index in [0.29, 0.717) is 17.5 Å². The highest BCUT2D eigenvalue weighted by atomic mass is 32.1. The summed E-state index contributed by atoms with van der Waals surface area (Å²) >= 11 is 5.46. The Labute approximate surface area is 870 Å². The number of pyridine rings is 3. The molecule has 0 saturated heterocycles. The van der Waals surface area contributed by atoms with Gasteiger partial charge in [0.05, 0.1) is 50.7 Å². The molecule has 12 aromatic heterocycles. The molecule has 12 nitrogen and oxygen atoms in total. The van der Waals surface area contributed by atoms with E-state index >= 15 is 0 Å². The minimum Gasteiger partial charge on any atom is -0.454 e. The number of benzene rings is 19. The SMILES string of the molecule is c1ccc(-c2cc(-c3ccc4oc5c(-c6ccccc6)nc6ccccc6c5c4c3)nc(-c3ccc(-c4cccc5c4sc4ccccc45)cc3)n2)cc1.c1ccc(-c2cc(-c3ccc4oc5c(-c6ccccc6)nc6ccccc6c5c4c3)nc(-c3cccc4c3sc3ccccc34)n2)cc1.c1ccc(-c2cc(-c3cccc4c3sc3ccccc34)nc(-c3ccc4oc5c(-c6ccccc6)nc6ccccc6c5c4c3)n2)cc1. The Bertz CT molecular complexity index is 10400. The van der Waals surface area contributed by atoms with E-state index in [1.165, 1.54) is 71.6 Å². The van der Waals surface area contributed by atoms with Gasteiger partial charge in [0.1, 0.15) is 33.8 Å². The van der Waals surface area contributed by atoms with E-state index < -0.39 is 0 Å². The molecule has 0 unspecified atom stereocenters. The Hall–Kier alpha value is -19.3. The molecule has 0 saturated carbocycles. The Kier molecular flexibility index (Phi) is 21.2. The van der Waals surface area contributed by atoms with Crippen LogP contribution in [0.1, 0.15) is 0 Å². The summed E-state index contributed by atoms with van der Waals surface area (Å²) in [5.74, 6) is 2.06. The van der Waals surface area contributed by atoms with Crippen LogP contribution in [0.15, 0.2) is 492 Å². The molecule has 700 valence electrons. The number of para-hydroxylation sites is 3. The minimum absolute atomic E-state index is 0.669. The molecule has 31 rings (SSSR count). The molecule has 0 aliphatic carbocycles. The highest BCUT2D eigenvalue weighted by molar-refractivity contribution is 7.27. The topological polar surface area (TPSA) is 155 Å². The first kappa shape index (κ1) is 87.3. The molecule has 15 heteroatoms. The van der Waals surface area contributed by atoms with Crippen molar-refractivity contribution in [1.82, 2.24) is 44.9 Å². The van der Waals surface area contributed by atoms with Crippen molar-refractivity contribution in [2.24, 2.45) is 0 Å². The number of hydrogen-bond acceptors (Lipinski definition) is 15. The van der Waals surface area contributed by atoms with Crippen LogP contribution >= 0.6 is 34.0 Å². The van der Waals surface area contributed by atoms with E-state index in [1.54, 1.807) is 11.3 Å². The van der Waals surface area contributed by atoms with E-state index in [0.717, 1.165) is 217 Å². The van der Waals surface area contributed by atoms with Gasteiger partial charge in [0.25, 0.3) is 0 Å². The smallest absolute Gasteiger partial charge is 0.162 e. The maximum absolute atomic E-state index is 6.62. The number of furan rings is 3. The van der Waals surface area contributed by atoms with Crippen LogP contribution in [-0.2, 0) is 0 Å². The summed E-state index contributed by atoms with van der Waals surface area (Å²) in [6, 6.07) is 166. The summed E-state index contributed by atoms with van der Waals surface area (Å²) in [5.41, 5.74) is 29.9. The molecule has 12 heterocycles. The second-order valence-corrected chi connectivity index (χ2v) is 40.6. The van der Waals surface area contributed by atoms with Crippen LogP contribution in [0, 0.1) is 0 Å². The average Bonchev–Trinajstić information content (AvgIpc) is 1.58. The second kappa shape index (κ2) is 36.5. The quantitative estimate of drug-likeness (QED) is 0.108. The van der Waals surface area contributed by atoms with E-state index in [2.05, 4.69) is 370 Å². The van der Waals surface area contributed by atoms with Gasteiger partial charge in [-0.25, -0.2) is 44.9 Å². The van der Waals surface area contributed by atoms with Crippen molar-refractivity contribution in [1.29, 1.82) is 0 Å². The van der Waals surface area contributed by atoms with Gasteiger partial charge < -0.3 is 13.3 Å². The molecule has 0 spiro atoms. The van der Waals surface area contributed by atoms with Gasteiger partial charge in [-0.3, -0.25) is 0 Å².